The van der Waals surface area contributed by atoms with Gasteiger partial charge in [-0.15, -0.1) is 0 Å². The number of phenols is 2. The molecule has 2 fully saturated rings. The highest BCUT2D eigenvalue weighted by Crippen LogP contribution is 2.45. The first-order valence-electron chi connectivity index (χ1n) is 19.3. The van der Waals surface area contributed by atoms with Crippen LogP contribution in [0.1, 0.15) is 11.1 Å². The molecule has 0 saturated carbocycles. The number of ketones is 5. The number of benzene rings is 2. The molecule has 8 unspecified atom stereocenters. The number of ether oxygens (including phenoxy) is 2. The molecule has 0 radical (unpaired) electrons. The van der Waals surface area contributed by atoms with E-state index in [2.05, 4.69) is 0 Å². The molecule has 346 valence electrons. The molecule has 0 spiro atoms. The lowest BCUT2D eigenvalue weighted by atomic mass is 9.70. The van der Waals surface area contributed by atoms with E-state index in [9.17, 15) is 101 Å². The van der Waals surface area contributed by atoms with E-state index in [1.807, 2.05) is 0 Å². The summed E-state index contributed by atoms with van der Waals surface area (Å²) in [5, 5.41) is 162. The molecular weight excluding hydrogens is 868 g/mol. The van der Waals surface area contributed by atoms with Crippen LogP contribution in [0.25, 0.3) is 12.2 Å². The molecule has 0 amide bonds. The Balaban J connectivity index is 1.59. The normalized spacial score (nSPS) is 34.4. The highest BCUT2D eigenvalue weighted by atomic mass is 16.6. The van der Waals surface area contributed by atoms with Gasteiger partial charge in [-0.2, -0.15) is 0 Å². The van der Waals surface area contributed by atoms with Crippen LogP contribution in [0.5, 0.6) is 11.5 Å². The monoisotopic (exact) mass is 910 g/mol. The Morgan fingerprint density at radius 3 is 1.34 bits per heavy atom. The first-order chi connectivity index (χ1) is 30.5. The summed E-state index contributed by atoms with van der Waals surface area (Å²) >= 11 is 0. The van der Waals surface area contributed by atoms with Gasteiger partial charge in [0.1, 0.15) is 101 Å². The SMILES string of the molecule is O=C(C=Cc1ccc(O)cc1)C1=C(O)[C@](O)([C@H]2OC(CO)C(O)C(O)C2O)C(O)=C(C=C2C(=O)C(C(=O)C=Cc3ccc(O)cc3)=C(O)[C@@](O)([C@H]3OC(CO)C(O)C(O)C3O)C2=O)C1=O. The lowest BCUT2D eigenvalue weighted by Gasteiger charge is -2.47. The van der Waals surface area contributed by atoms with Gasteiger partial charge >= 0.3 is 0 Å². The van der Waals surface area contributed by atoms with Crippen LogP contribution in [0.3, 0.4) is 0 Å². The largest absolute Gasteiger partial charge is 0.508 e. The third-order valence-electron chi connectivity index (χ3n) is 11.4. The smallest absolute Gasteiger partial charge is 0.214 e. The maximum Gasteiger partial charge on any atom is 0.214 e. The molecule has 2 aromatic rings. The van der Waals surface area contributed by atoms with E-state index in [0.717, 1.165) is 12.2 Å². The van der Waals surface area contributed by atoms with Gasteiger partial charge < -0.3 is 86.1 Å². The maximum atomic E-state index is 14.5. The fourth-order valence-corrected chi connectivity index (χ4v) is 7.68. The summed E-state index contributed by atoms with van der Waals surface area (Å²) in [7, 11) is 0. The van der Waals surface area contributed by atoms with Gasteiger partial charge in [-0.25, -0.2) is 0 Å². The van der Waals surface area contributed by atoms with Crippen molar-refractivity contribution in [3.8, 4) is 11.5 Å². The highest BCUT2D eigenvalue weighted by molar-refractivity contribution is 6.42. The summed E-state index contributed by atoms with van der Waals surface area (Å²) in [5.41, 5.74) is -13.4. The van der Waals surface area contributed by atoms with Crippen LogP contribution in [-0.4, -0.2) is 191 Å². The Labute approximate surface area is 365 Å². The zero-order chi connectivity index (χ0) is 48.0. The average Bonchev–Trinajstić information content (AvgIpc) is 3.28. The first-order valence-corrected chi connectivity index (χ1v) is 19.3. The second-order valence-electron chi connectivity index (χ2n) is 15.4. The van der Waals surface area contributed by atoms with E-state index in [0.29, 0.717) is 12.2 Å². The number of phenolic OH excluding ortho intramolecular Hbond substituents is 2. The molecule has 0 bridgehead atoms. The standard InChI is InChI=1S/C43H42O22/c44-14-24-30(52)32(54)34(56)40(64-24)42(62)36(58)20(28(50)26(38(42)60)22(48)11-5-16-1-7-18(46)8-2-16)13-21-29(51)27(23(49)12-6-17-3-9-19(47)10-4-17)39(61)43(63,37(21)59)41-35(57)33(55)31(53)25(15-45)65-41/h1-13,24-25,30-35,40-41,44-47,52-58,60-63H,14-15H2/t24?,25?,30?,31?,32?,33?,34?,35?,40-,41-,42-,43+/m0/s1. The molecule has 22 nitrogen and oxygen atoms in total. The fourth-order valence-electron chi connectivity index (χ4n) is 7.68. The van der Waals surface area contributed by atoms with Crippen LogP contribution in [0.15, 0.2) is 106 Å². The highest BCUT2D eigenvalue weighted by Gasteiger charge is 2.64. The van der Waals surface area contributed by atoms with Gasteiger partial charge in [0.25, 0.3) is 0 Å². The second-order valence-corrected chi connectivity index (χ2v) is 15.4. The Morgan fingerprint density at radius 2 is 0.923 bits per heavy atom. The van der Waals surface area contributed by atoms with Gasteiger partial charge in [-0.3, -0.25) is 24.0 Å². The van der Waals surface area contributed by atoms with Crippen LogP contribution in [-0.2, 0) is 33.4 Å². The third-order valence-corrected chi connectivity index (χ3v) is 11.4. The molecule has 2 heterocycles. The van der Waals surface area contributed by atoms with Crippen molar-refractivity contribution in [3.63, 3.8) is 0 Å². The Hall–Kier alpha value is -6.25. The maximum absolute atomic E-state index is 14.5. The molecular formula is C43H42O22. The second kappa shape index (κ2) is 18.3. The summed E-state index contributed by atoms with van der Waals surface area (Å²) < 4.78 is 10.7. The number of aliphatic hydroxyl groups excluding tert-OH is 11. The minimum Gasteiger partial charge on any atom is -0.508 e. The fraction of sp³-hybridized carbons (Fsp3) is 0.326. The summed E-state index contributed by atoms with van der Waals surface area (Å²) in [6, 6.07) is 9.97. The Kier molecular flexibility index (Phi) is 13.6. The molecule has 15 N–H and O–H groups in total. The van der Waals surface area contributed by atoms with Gasteiger partial charge in [0, 0.05) is 0 Å². The van der Waals surface area contributed by atoms with E-state index in [1.165, 1.54) is 48.5 Å². The third kappa shape index (κ3) is 8.22. The molecule has 2 aliphatic carbocycles. The van der Waals surface area contributed by atoms with Crippen molar-refractivity contribution in [3.05, 3.63) is 117 Å². The summed E-state index contributed by atoms with van der Waals surface area (Å²) in [4.78, 5) is 70.9. The molecule has 22 heteroatoms. The molecule has 2 aromatic carbocycles. The van der Waals surface area contributed by atoms with E-state index < -0.39 is 154 Å². The van der Waals surface area contributed by atoms with Gasteiger partial charge in [-0.05, 0) is 53.6 Å². The topological polar surface area (TPSA) is 407 Å². The number of carbonyl (C=O) groups excluding carboxylic acids is 5. The van der Waals surface area contributed by atoms with Crippen molar-refractivity contribution in [2.45, 2.75) is 72.2 Å². The van der Waals surface area contributed by atoms with E-state index >= 15 is 0 Å². The Bertz CT molecular complexity index is 2460. The van der Waals surface area contributed by atoms with E-state index in [4.69, 9.17) is 9.47 Å². The molecule has 2 saturated heterocycles. The predicted molar refractivity (Wildman–Crippen MR) is 214 cm³/mol. The molecule has 65 heavy (non-hydrogen) atoms. The average molecular weight is 911 g/mol. The molecule has 6 rings (SSSR count). The number of hydrogen-bond donors (Lipinski definition) is 15. The molecule has 12 atom stereocenters. The molecule has 4 aliphatic rings. The van der Waals surface area contributed by atoms with Gasteiger partial charge in [0.15, 0.2) is 11.6 Å². The van der Waals surface area contributed by atoms with E-state index in [-0.39, 0.29) is 28.7 Å². The molecule has 0 aromatic heterocycles. The number of rotatable bonds is 11. The van der Waals surface area contributed by atoms with Gasteiger partial charge in [0.05, 0.1) is 24.4 Å². The van der Waals surface area contributed by atoms with Crippen molar-refractivity contribution < 1.29 is 110 Å². The van der Waals surface area contributed by atoms with Crippen molar-refractivity contribution in [1.29, 1.82) is 0 Å². The zero-order valence-electron chi connectivity index (χ0n) is 33.3. The number of aliphatic hydroxyl groups is 13. The number of Topliss-reactive ketones (excluding diaryl/α,β-unsaturated/α-hetero) is 3. The van der Waals surface area contributed by atoms with Gasteiger partial charge in [0.2, 0.25) is 28.6 Å². The molecule has 2 aliphatic heterocycles. The zero-order valence-corrected chi connectivity index (χ0v) is 33.3. The lowest BCUT2D eigenvalue weighted by molar-refractivity contribution is -0.265. The summed E-state index contributed by atoms with van der Waals surface area (Å²) in [5.74, 6) is -14.7. The van der Waals surface area contributed by atoms with Crippen LogP contribution >= 0.6 is 0 Å². The quantitative estimate of drug-likeness (QED) is 0.0759. The van der Waals surface area contributed by atoms with Crippen molar-refractivity contribution in [1.82, 2.24) is 0 Å². The van der Waals surface area contributed by atoms with Crippen molar-refractivity contribution in [2.75, 3.05) is 13.2 Å². The predicted octanol–water partition coefficient (Wildman–Crippen LogP) is -3.79. The van der Waals surface area contributed by atoms with E-state index in [1.54, 1.807) is 0 Å². The van der Waals surface area contributed by atoms with Crippen LogP contribution in [0.2, 0.25) is 0 Å². The summed E-state index contributed by atoms with van der Waals surface area (Å²) in [6.07, 6.45) is -19.9. The lowest BCUT2D eigenvalue weighted by Crippen LogP contribution is -2.69. The number of carbonyl (C=O) groups is 5. The summed E-state index contributed by atoms with van der Waals surface area (Å²) in [6.45, 7) is -2.32. The van der Waals surface area contributed by atoms with Crippen LogP contribution in [0.4, 0.5) is 0 Å². The number of allylic oxidation sites excluding steroid dienone is 6. The van der Waals surface area contributed by atoms with Gasteiger partial charge in [-0.1, -0.05) is 36.4 Å². The Morgan fingerprint density at radius 1 is 0.538 bits per heavy atom. The number of hydrogen-bond acceptors (Lipinski definition) is 22. The minimum atomic E-state index is -3.89. The van der Waals surface area contributed by atoms with Crippen LogP contribution < -0.4 is 0 Å². The van der Waals surface area contributed by atoms with Crippen molar-refractivity contribution in [2.24, 2.45) is 0 Å². The van der Waals surface area contributed by atoms with Crippen molar-refractivity contribution >= 4 is 41.1 Å². The number of aromatic hydroxyl groups is 2. The first kappa shape index (κ1) is 48.2. The van der Waals surface area contributed by atoms with Crippen LogP contribution in [0, 0.1) is 0 Å². The minimum absolute atomic E-state index is 0.0686.